The highest BCUT2D eigenvalue weighted by Crippen LogP contribution is 2.38. The third kappa shape index (κ3) is 3.95. The Labute approximate surface area is 215 Å². The highest BCUT2D eigenvalue weighted by molar-refractivity contribution is 5.99. The molecule has 2 aromatic carbocycles. The van der Waals surface area contributed by atoms with E-state index in [1.165, 1.54) is 36.2 Å². The normalized spacial score (nSPS) is 15.2. The summed E-state index contributed by atoms with van der Waals surface area (Å²) in [5.41, 5.74) is 3.11. The fourth-order valence-electron chi connectivity index (χ4n) is 5.24. The van der Waals surface area contributed by atoms with Crippen molar-refractivity contribution in [3.8, 4) is 5.75 Å². The molecule has 0 atom stereocenters. The van der Waals surface area contributed by atoms with Crippen LogP contribution >= 0.6 is 0 Å². The predicted molar refractivity (Wildman–Crippen MR) is 138 cm³/mol. The molecule has 0 fully saturated rings. The van der Waals surface area contributed by atoms with Crippen molar-refractivity contribution in [3.63, 3.8) is 0 Å². The van der Waals surface area contributed by atoms with Gasteiger partial charge in [0.05, 0.1) is 13.2 Å². The van der Waals surface area contributed by atoms with E-state index in [0.29, 0.717) is 0 Å². The number of aryl methyl sites for hydroxylation is 2. The third-order valence-corrected chi connectivity index (χ3v) is 7.28. The Kier molecular flexibility index (Phi) is 6.25. The number of carbonyl (C=O) groups is 2. The molecule has 1 aliphatic heterocycles. The molecule has 0 radical (unpaired) electrons. The number of fused-ring (bicyclic) bond motifs is 3. The first-order chi connectivity index (χ1) is 17.7. The maximum atomic E-state index is 13.5. The first-order valence-electron chi connectivity index (χ1n) is 12.3. The van der Waals surface area contributed by atoms with E-state index >= 15 is 0 Å². The molecule has 1 aromatic heterocycles. The number of aromatic hydroxyl groups is 1. The van der Waals surface area contributed by atoms with E-state index in [-0.39, 0.29) is 30.0 Å². The molecular formula is C28H30N4O5. The number of nitrogens with zero attached hydrogens (tertiary/aromatic N) is 4. The van der Waals surface area contributed by atoms with Crippen molar-refractivity contribution in [1.82, 2.24) is 14.6 Å². The van der Waals surface area contributed by atoms with Gasteiger partial charge in [0.1, 0.15) is 12.2 Å². The number of rotatable bonds is 4. The van der Waals surface area contributed by atoms with Crippen LogP contribution in [0.3, 0.4) is 0 Å². The average Bonchev–Trinajstić information content (AvgIpc) is 3.06. The van der Waals surface area contributed by atoms with Crippen molar-refractivity contribution < 1.29 is 19.5 Å². The highest BCUT2D eigenvalue weighted by atomic mass is 16.7. The zero-order valence-electron chi connectivity index (χ0n) is 21.3. The second-order valence-corrected chi connectivity index (χ2v) is 9.65. The molecule has 0 saturated carbocycles. The molecule has 9 nitrogen and oxygen atoms in total. The SMILES string of the molecule is CON(C)C(=O)c1cn2c(c(O)c1=O)C(=O)N(C(C)C)CN2C1c2ccccc2CCc2ccccc21. The van der Waals surface area contributed by atoms with Crippen LogP contribution in [-0.4, -0.2) is 58.4 Å². The molecule has 0 spiro atoms. The minimum absolute atomic E-state index is 0.166. The molecule has 2 heterocycles. The van der Waals surface area contributed by atoms with Crippen molar-refractivity contribution >= 4 is 11.8 Å². The molecule has 1 aliphatic carbocycles. The number of hydroxylamine groups is 2. The lowest BCUT2D eigenvalue weighted by molar-refractivity contribution is -0.0758. The Hall–Kier alpha value is -4.11. The lowest BCUT2D eigenvalue weighted by atomic mass is 9.94. The quantitative estimate of drug-likeness (QED) is 0.552. The number of hydrogen-bond donors (Lipinski definition) is 1. The molecule has 2 aliphatic rings. The van der Waals surface area contributed by atoms with Crippen LogP contribution in [0.5, 0.6) is 5.75 Å². The Morgan fingerprint density at radius 3 is 2.14 bits per heavy atom. The number of benzene rings is 2. The van der Waals surface area contributed by atoms with E-state index in [4.69, 9.17) is 4.84 Å². The summed E-state index contributed by atoms with van der Waals surface area (Å²) >= 11 is 0. The summed E-state index contributed by atoms with van der Waals surface area (Å²) in [7, 11) is 2.69. The Morgan fingerprint density at radius 2 is 1.59 bits per heavy atom. The van der Waals surface area contributed by atoms with E-state index < -0.39 is 23.0 Å². The van der Waals surface area contributed by atoms with Crippen LogP contribution in [0.1, 0.15) is 63.0 Å². The number of hydrogen-bond acceptors (Lipinski definition) is 6. The van der Waals surface area contributed by atoms with E-state index in [1.54, 1.807) is 4.90 Å². The number of amides is 2. The molecule has 0 saturated heterocycles. The largest absolute Gasteiger partial charge is 0.502 e. The zero-order chi connectivity index (χ0) is 26.4. The Morgan fingerprint density at radius 1 is 1.03 bits per heavy atom. The number of carbonyl (C=O) groups excluding carboxylic acids is 2. The summed E-state index contributed by atoms with van der Waals surface area (Å²) in [5, 5.41) is 13.9. The van der Waals surface area contributed by atoms with Gasteiger partial charge in [0.2, 0.25) is 5.43 Å². The van der Waals surface area contributed by atoms with Gasteiger partial charge in [-0.1, -0.05) is 48.5 Å². The maximum Gasteiger partial charge on any atom is 0.282 e. The van der Waals surface area contributed by atoms with Gasteiger partial charge >= 0.3 is 0 Å². The Balaban J connectivity index is 1.81. The van der Waals surface area contributed by atoms with E-state index in [9.17, 15) is 19.5 Å². The van der Waals surface area contributed by atoms with E-state index in [2.05, 4.69) is 24.3 Å². The monoisotopic (exact) mass is 502 g/mol. The van der Waals surface area contributed by atoms with Crippen LogP contribution in [0.15, 0.2) is 59.5 Å². The van der Waals surface area contributed by atoms with E-state index in [0.717, 1.165) is 29.0 Å². The van der Waals surface area contributed by atoms with Gasteiger partial charge in [-0.2, -0.15) is 0 Å². The van der Waals surface area contributed by atoms with Crippen LogP contribution in [-0.2, 0) is 17.7 Å². The zero-order valence-corrected chi connectivity index (χ0v) is 21.3. The topological polar surface area (TPSA) is 95.3 Å². The molecule has 37 heavy (non-hydrogen) atoms. The minimum Gasteiger partial charge on any atom is -0.502 e. The average molecular weight is 503 g/mol. The lowest BCUT2D eigenvalue weighted by Crippen LogP contribution is -2.57. The van der Waals surface area contributed by atoms with Gasteiger partial charge in [0.25, 0.3) is 11.8 Å². The van der Waals surface area contributed by atoms with Crippen LogP contribution in [0.25, 0.3) is 0 Å². The second kappa shape index (κ2) is 9.40. The van der Waals surface area contributed by atoms with Crippen molar-refractivity contribution in [2.24, 2.45) is 0 Å². The molecular weight excluding hydrogens is 472 g/mol. The second-order valence-electron chi connectivity index (χ2n) is 9.65. The molecule has 0 unspecified atom stereocenters. The van der Waals surface area contributed by atoms with Crippen LogP contribution < -0.4 is 10.4 Å². The first kappa shape index (κ1) is 24.6. The number of aromatic nitrogens is 1. The van der Waals surface area contributed by atoms with E-state index in [1.807, 2.05) is 43.1 Å². The van der Waals surface area contributed by atoms with Crippen molar-refractivity contribution in [1.29, 1.82) is 0 Å². The van der Waals surface area contributed by atoms with Crippen LogP contribution in [0, 0.1) is 0 Å². The summed E-state index contributed by atoms with van der Waals surface area (Å²) in [6, 6.07) is 15.8. The van der Waals surface area contributed by atoms with Crippen molar-refractivity contribution in [3.05, 3.63) is 98.5 Å². The number of pyridine rings is 1. The van der Waals surface area contributed by atoms with Gasteiger partial charge in [-0.15, -0.1) is 0 Å². The lowest BCUT2D eigenvalue weighted by Gasteiger charge is -2.45. The van der Waals surface area contributed by atoms with Gasteiger partial charge in [-0.25, -0.2) is 5.06 Å². The maximum absolute atomic E-state index is 13.5. The molecule has 1 N–H and O–H groups in total. The molecule has 2 amide bonds. The van der Waals surface area contributed by atoms with Crippen molar-refractivity contribution in [2.45, 2.75) is 38.8 Å². The van der Waals surface area contributed by atoms with Gasteiger partial charge in [0.15, 0.2) is 11.4 Å². The smallest absolute Gasteiger partial charge is 0.282 e. The summed E-state index contributed by atoms with van der Waals surface area (Å²) in [6.45, 7) is 3.97. The van der Waals surface area contributed by atoms with Gasteiger partial charge < -0.3 is 10.0 Å². The van der Waals surface area contributed by atoms with Crippen LogP contribution in [0.4, 0.5) is 0 Å². The van der Waals surface area contributed by atoms with Crippen LogP contribution in [0.2, 0.25) is 0 Å². The molecule has 9 heteroatoms. The fourth-order valence-corrected chi connectivity index (χ4v) is 5.24. The summed E-state index contributed by atoms with van der Waals surface area (Å²) in [5.74, 6) is -1.96. The summed E-state index contributed by atoms with van der Waals surface area (Å²) in [4.78, 5) is 46.3. The third-order valence-electron chi connectivity index (χ3n) is 7.28. The van der Waals surface area contributed by atoms with Gasteiger partial charge in [-0.05, 0) is 48.9 Å². The molecule has 192 valence electrons. The van der Waals surface area contributed by atoms with Crippen molar-refractivity contribution in [2.75, 3.05) is 25.8 Å². The molecule has 0 bridgehead atoms. The Bertz CT molecular complexity index is 1400. The first-order valence-corrected chi connectivity index (χ1v) is 12.3. The predicted octanol–water partition coefficient (Wildman–Crippen LogP) is 2.84. The standard InChI is InChI=1S/C28H30N4O5/c1-17(2)30-16-32(23-20-11-7-5-9-18(20)13-14-19-10-6-8-12-21(19)23)31-15-22(27(35)29(3)37-4)25(33)26(34)24(31)28(30)36/h5-12,15,17,23,34H,13-14,16H2,1-4H3. The minimum atomic E-state index is -0.916. The fraction of sp³-hybridized carbons (Fsp3) is 0.321. The summed E-state index contributed by atoms with van der Waals surface area (Å²) < 4.78 is 1.48. The summed E-state index contributed by atoms with van der Waals surface area (Å²) in [6.07, 6.45) is 3.06. The molecule has 3 aromatic rings. The highest BCUT2D eigenvalue weighted by Gasteiger charge is 2.40. The van der Waals surface area contributed by atoms with Gasteiger partial charge in [0, 0.05) is 19.3 Å². The molecule has 5 rings (SSSR count). The van der Waals surface area contributed by atoms with Gasteiger partial charge in [-0.3, -0.25) is 28.9 Å².